The van der Waals surface area contributed by atoms with Crippen LogP contribution in [0, 0.1) is 13.8 Å². The number of nitrogens with zero attached hydrogens (tertiary/aromatic N) is 2. The number of thiophene rings is 1. The van der Waals surface area contributed by atoms with E-state index in [0.29, 0.717) is 10.6 Å². The van der Waals surface area contributed by atoms with Gasteiger partial charge in [0.25, 0.3) is 5.91 Å². The smallest absolute Gasteiger partial charge is 0.263 e. The van der Waals surface area contributed by atoms with Crippen LogP contribution in [-0.2, 0) is 0 Å². The third-order valence-corrected chi connectivity index (χ3v) is 5.55. The van der Waals surface area contributed by atoms with Crippen LogP contribution in [0.3, 0.4) is 0 Å². The fourth-order valence-electron chi connectivity index (χ4n) is 3.02. The average Bonchev–Trinajstić information content (AvgIpc) is 2.99. The second-order valence-electron chi connectivity index (χ2n) is 6.16. The number of nitrogens with one attached hydrogen (secondary N) is 1. The Bertz CT molecular complexity index is 716. The van der Waals surface area contributed by atoms with E-state index in [1.54, 1.807) is 0 Å². The van der Waals surface area contributed by atoms with E-state index in [9.17, 15) is 4.79 Å². The van der Waals surface area contributed by atoms with Crippen molar-refractivity contribution in [3.63, 3.8) is 0 Å². The van der Waals surface area contributed by atoms with Crippen molar-refractivity contribution in [1.29, 1.82) is 0 Å². The molecule has 3 rings (SSSR count). The van der Waals surface area contributed by atoms with Gasteiger partial charge in [0.2, 0.25) is 0 Å². The van der Waals surface area contributed by atoms with Gasteiger partial charge in [-0.25, -0.2) is 0 Å². The van der Waals surface area contributed by atoms with Crippen LogP contribution in [0.25, 0.3) is 10.2 Å². The summed E-state index contributed by atoms with van der Waals surface area (Å²) in [5, 5.41) is 12.3. The van der Waals surface area contributed by atoms with Crippen molar-refractivity contribution in [3.8, 4) is 0 Å². The lowest BCUT2D eigenvalue weighted by molar-refractivity contribution is 0.0913. The highest BCUT2D eigenvalue weighted by atomic mass is 32.1. The highest BCUT2D eigenvalue weighted by molar-refractivity contribution is 7.21. The molecule has 2 aromatic rings. The molecule has 112 valence electrons. The third kappa shape index (κ3) is 2.37. The van der Waals surface area contributed by atoms with Crippen LogP contribution in [0.4, 0.5) is 5.69 Å². The minimum atomic E-state index is -0.101. The van der Waals surface area contributed by atoms with Gasteiger partial charge in [-0.3, -0.25) is 4.79 Å². The quantitative estimate of drug-likeness (QED) is 0.894. The van der Waals surface area contributed by atoms with Crippen LogP contribution >= 0.6 is 11.3 Å². The predicted octanol–water partition coefficient (Wildman–Crippen LogP) is 2.95. The van der Waals surface area contributed by atoms with Gasteiger partial charge in [0.15, 0.2) is 0 Å². The fraction of sp³-hybridized carbons (Fsp3) is 0.533. The Morgan fingerprint density at radius 1 is 1.29 bits per heavy atom. The summed E-state index contributed by atoms with van der Waals surface area (Å²) in [6.07, 6.45) is 4.40. The molecule has 2 aromatic heterocycles. The molecule has 0 unspecified atom stereocenters. The summed E-state index contributed by atoms with van der Waals surface area (Å²) >= 11 is 1.33. The molecule has 5 nitrogen and oxygen atoms in total. The second-order valence-corrected chi connectivity index (χ2v) is 7.16. The number of rotatable bonds is 2. The first-order valence-electron chi connectivity index (χ1n) is 7.26. The molecule has 1 aliphatic carbocycles. The molecule has 1 amide bonds. The van der Waals surface area contributed by atoms with Crippen molar-refractivity contribution in [2.45, 2.75) is 52.0 Å². The van der Waals surface area contributed by atoms with E-state index in [4.69, 9.17) is 5.73 Å². The van der Waals surface area contributed by atoms with E-state index < -0.39 is 0 Å². The maximum Gasteiger partial charge on any atom is 0.263 e. The highest BCUT2D eigenvalue weighted by Gasteiger charge is 2.32. The summed E-state index contributed by atoms with van der Waals surface area (Å²) in [7, 11) is 0. The maximum absolute atomic E-state index is 12.6. The number of carbonyl (C=O) groups is 1. The Morgan fingerprint density at radius 2 is 1.95 bits per heavy atom. The van der Waals surface area contributed by atoms with Gasteiger partial charge in [-0.05, 0) is 39.2 Å². The zero-order chi connectivity index (χ0) is 15.2. The van der Waals surface area contributed by atoms with Crippen molar-refractivity contribution in [2.24, 2.45) is 0 Å². The Balaban J connectivity index is 1.99. The van der Waals surface area contributed by atoms with Crippen molar-refractivity contribution in [1.82, 2.24) is 15.5 Å². The number of aromatic nitrogens is 2. The second kappa shape index (κ2) is 4.94. The average molecular weight is 304 g/mol. The summed E-state index contributed by atoms with van der Waals surface area (Å²) in [6, 6.07) is 0. The number of hydrogen-bond donors (Lipinski definition) is 2. The Hall–Kier alpha value is -1.69. The molecule has 1 aliphatic rings. The highest BCUT2D eigenvalue weighted by Crippen LogP contribution is 2.36. The molecule has 0 aliphatic heterocycles. The maximum atomic E-state index is 12.6. The topological polar surface area (TPSA) is 80.9 Å². The van der Waals surface area contributed by atoms with E-state index in [0.717, 1.165) is 34.3 Å². The van der Waals surface area contributed by atoms with Gasteiger partial charge < -0.3 is 11.1 Å². The summed E-state index contributed by atoms with van der Waals surface area (Å²) in [4.78, 5) is 13.9. The molecule has 6 heteroatoms. The van der Waals surface area contributed by atoms with Crippen molar-refractivity contribution >= 4 is 33.1 Å². The molecule has 0 aromatic carbocycles. The monoisotopic (exact) mass is 304 g/mol. The number of nitrogens with two attached hydrogens (primary N) is 1. The molecule has 0 bridgehead atoms. The first-order valence-corrected chi connectivity index (χ1v) is 8.07. The SMILES string of the molecule is Cc1nnc2sc(C(=O)NC3(C)CCCC3)c(N)c2c1C. The largest absolute Gasteiger partial charge is 0.397 e. The predicted molar refractivity (Wildman–Crippen MR) is 85.6 cm³/mol. The summed E-state index contributed by atoms with van der Waals surface area (Å²) in [6.45, 7) is 5.98. The minimum Gasteiger partial charge on any atom is -0.397 e. The van der Waals surface area contributed by atoms with Crippen LogP contribution in [0.1, 0.15) is 53.5 Å². The molecule has 0 atom stereocenters. The molecular formula is C15H20N4OS. The molecule has 0 spiro atoms. The number of hydrogen-bond acceptors (Lipinski definition) is 5. The molecule has 1 saturated carbocycles. The van der Waals surface area contributed by atoms with E-state index in [2.05, 4.69) is 22.4 Å². The standard InChI is InChI=1S/C15H20N4OS/c1-8-9(2)18-19-14-10(8)11(16)12(21-14)13(20)17-15(3)6-4-5-7-15/h4-7,16H2,1-3H3,(H,17,20). The van der Waals surface area contributed by atoms with Crippen LogP contribution in [0.15, 0.2) is 0 Å². The van der Waals surface area contributed by atoms with Gasteiger partial charge in [-0.15, -0.1) is 16.4 Å². The number of carbonyl (C=O) groups excluding carboxylic acids is 1. The molecule has 0 radical (unpaired) electrons. The van der Waals surface area contributed by atoms with Gasteiger partial charge in [-0.1, -0.05) is 12.8 Å². The Morgan fingerprint density at radius 3 is 2.62 bits per heavy atom. The Labute approximate surface area is 127 Å². The van der Waals surface area contributed by atoms with Gasteiger partial charge in [0.1, 0.15) is 9.71 Å². The summed E-state index contributed by atoms with van der Waals surface area (Å²) in [5.74, 6) is -0.0862. The van der Waals surface area contributed by atoms with Gasteiger partial charge in [-0.2, -0.15) is 5.10 Å². The van der Waals surface area contributed by atoms with E-state index in [-0.39, 0.29) is 11.4 Å². The summed E-state index contributed by atoms with van der Waals surface area (Å²) in [5.41, 5.74) is 8.49. The molecule has 0 saturated heterocycles. The molecule has 3 N–H and O–H groups in total. The van der Waals surface area contributed by atoms with Crippen LogP contribution in [-0.4, -0.2) is 21.6 Å². The van der Waals surface area contributed by atoms with Crippen LogP contribution in [0.2, 0.25) is 0 Å². The van der Waals surface area contributed by atoms with Crippen LogP contribution < -0.4 is 11.1 Å². The van der Waals surface area contributed by atoms with Crippen molar-refractivity contribution in [2.75, 3.05) is 5.73 Å². The van der Waals surface area contributed by atoms with E-state index in [1.807, 2.05) is 13.8 Å². The summed E-state index contributed by atoms with van der Waals surface area (Å²) < 4.78 is 0. The zero-order valence-electron chi connectivity index (χ0n) is 12.6. The fourth-order valence-corrected chi connectivity index (χ4v) is 4.02. The first kappa shape index (κ1) is 14.3. The van der Waals surface area contributed by atoms with Crippen molar-refractivity contribution < 1.29 is 4.79 Å². The van der Waals surface area contributed by atoms with Gasteiger partial charge in [0, 0.05) is 10.9 Å². The lowest BCUT2D eigenvalue weighted by atomic mass is 10.0. The number of nitrogen functional groups attached to an aromatic ring is 1. The third-order valence-electron chi connectivity index (χ3n) is 4.46. The molecule has 1 fully saturated rings. The van der Waals surface area contributed by atoms with Gasteiger partial charge >= 0.3 is 0 Å². The number of aryl methyl sites for hydroxylation is 2. The molecular weight excluding hydrogens is 284 g/mol. The number of amides is 1. The zero-order valence-corrected chi connectivity index (χ0v) is 13.4. The van der Waals surface area contributed by atoms with E-state index in [1.165, 1.54) is 24.2 Å². The van der Waals surface area contributed by atoms with Crippen LogP contribution in [0.5, 0.6) is 0 Å². The van der Waals surface area contributed by atoms with Crippen molar-refractivity contribution in [3.05, 3.63) is 16.1 Å². The normalized spacial score (nSPS) is 17.3. The first-order chi connectivity index (χ1) is 9.91. The molecule has 21 heavy (non-hydrogen) atoms. The number of anilines is 1. The lowest BCUT2D eigenvalue weighted by Gasteiger charge is -2.24. The molecule has 2 heterocycles. The number of fused-ring (bicyclic) bond motifs is 1. The minimum absolute atomic E-state index is 0.0862. The van der Waals surface area contributed by atoms with Gasteiger partial charge in [0.05, 0.1) is 11.4 Å². The lowest BCUT2D eigenvalue weighted by Crippen LogP contribution is -2.43. The Kier molecular flexibility index (Phi) is 3.36. The van der Waals surface area contributed by atoms with E-state index >= 15 is 0 Å².